The smallest absolute Gasteiger partial charge is 0.407 e. The molecule has 0 aromatic heterocycles. The Balaban J connectivity index is 1.90. The first-order valence-corrected chi connectivity index (χ1v) is 5.60. The number of likely N-dealkylation sites (tertiary alicyclic amines) is 1. The number of nitrogens with one attached hydrogen (secondary N) is 1. The lowest BCUT2D eigenvalue weighted by Crippen LogP contribution is -2.36. The molecule has 2 aliphatic heterocycles. The van der Waals surface area contributed by atoms with Crippen molar-refractivity contribution < 1.29 is 14.3 Å². The van der Waals surface area contributed by atoms with E-state index in [1.54, 1.807) is 4.90 Å². The van der Waals surface area contributed by atoms with Crippen molar-refractivity contribution in [3.63, 3.8) is 0 Å². The van der Waals surface area contributed by atoms with E-state index in [4.69, 9.17) is 4.74 Å². The van der Waals surface area contributed by atoms with Gasteiger partial charge in [-0.1, -0.05) is 20.8 Å². The molecule has 2 aliphatic rings. The van der Waals surface area contributed by atoms with Crippen molar-refractivity contribution in [3.05, 3.63) is 0 Å². The Morgan fingerprint density at radius 3 is 2.75 bits per heavy atom. The largest absolute Gasteiger partial charge is 0.442 e. The van der Waals surface area contributed by atoms with Crippen LogP contribution in [0.1, 0.15) is 27.2 Å². The van der Waals surface area contributed by atoms with Crippen LogP contribution in [0, 0.1) is 5.41 Å². The van der Waals surface area contributed by atoms with Crippen LogP contribution in [0.3, 0.4) is 0 Å². The second kappa shape index (κ2) is 3.64. The molecule has 0 aliphatic carbocycles. The number of rotatable bonds is 1. The summed E-state index contributed by atoms with van der Waals surface area (Å²) in [4.78, 5) is 24.6. The monoisotopic (exact) mass is 226 g/mol. The maximum atomic E-state index is 11.9. The van der Waals surface area contributed by atoms with Gasteiger partial charge < -0.3 is 15.0 Å². The molecule has 2 fully saturated rings. The molecule has 2 heterocycles. The SMILES string of the molecule is CC(C)(C)CC(=O)N1CC2NC(=O)OC2C1. The van der Waals surface area contributed by atoms with Crippen LogP contribution >= 0.6 is 0 Å². The molecule has 0 radical (unpaired) electrons. The van der Waals surface area contributed by atoms with Crippen molar-refractivity contribution in [1.82, 2.24) is 10.2 Å². The molecule has 2 saturated heterocycles. The van der Waals surface area contributed by atoms with Gasteiger partial charge in [-0.2, -0.15) is 0 Å². The molecule has 0 spiro atoms. The normalized spacial score (nSPS) is 28.7. The van der Waals surface area contributed by atoms with Crippen LogP contribution in [0.2, 0.25) is 0 Å². The Morgan fingerprint density at radius 2 is 2.19 bits per heavy atom. The number of nitrogens with zero attached hydrogens (tertiary/aromatic N) is 1. The molecule has 16 heavy (non-hydrogen) atoms. The minimum Gasteiger partial charge on any atom is -0.442 e. The summed E-state index contributed by atoms with van der Waals surface area (Å²) >= 11 is 0. The Hall–Kier alpha value is -1.26. The van der Waals surface area contributed by atoms with Crippen molar-refractivity contribution in [2.24, 2.45) is 5.41 Å². The second-order valence-electron chi connectivity index (χ2n) is 5.73. The van der Waals surface area contributed by atoms with E-state index in [1.165, 1.54) is 0 Å². The first-order valence-electron chi connectivity index (χ1n) is 5.60. The van der Waals surface area contributed by atoms with Crippen LogP contribution in [0.4, 0.5) is 4.79 Å². The minimum atomic E-state index is -0.363. The quantitative estimate of drug-likeness (QED) is 0.717. The minimum absolute atomic E-state index is 0.00110. The summed E-state index contributed by atoms with van der Waals surface area (Å²) in [7, 11) is 0. The molecule has 2 atom stereocenters. The van der Waals surface area contributed by atoms with Crippen molar-refractivity contribution in [3.8, 4) is 0 Å². The third-order valence-corrected chi connectivity index (χ3v) is 2.86. The van der Waals surface area contributed by atoms with E-state index in [9.17, 15) is 9.59 Å². The molecule has 5 nitrogen and oxygen atoms in total. The van der Waals surface area contributed by atoms with Gasteiger partial charge >= 0.3 is 6.09 Å². The number of alkyl carbamates (subject to hydrolysis) is 1. The number of hydrogen-bond acceptors (Lipinski definition) is 3. The average Bonchev–Trinajstić information content (AvgIpc) is 2.56. The van der Waals surface area contributed by atoms with Crippen LogP contribution in [0.5, 0.6) is 0 Å². The third-order valence-electron chi connectivity index (χ3n) is 2.86. The predicted octanol–water partition coefficient (Wildman–Crippen LogP) is 0.742. The molecule has 0 aromatic rings. The molecule has 5 heteroatoms. The van der Waals surface area contributed by atoms with Crippen LogP contribution < -0.4 is 5.32 Å². The molecule has 90 valence electrons. The molecule has 2 rings (SSSR count). The summed E-state index contributed by atoms with van der Waals surface area (Å²) in [5, 5.41) is 2.71. The van der Waals surface area contributed by atoms with Crippen molar-refractivity contribution >= 4 is 12.0 Å². The van der Waals surface area contributed by atoms with Gasteiger partial charge in [0.15, 0.2) is 0 Å². The molecule has 0 bridgehead atoms. The van der Waals surface area contributed by atoms with Crippen molar-refractivity contribution in [1.29, 1.82) is 0 Å². The molecule has 0 aromatic carbocycles. The lowest BCUT2D eigenvalue weighted by Gasteiger charge is -2.23. The predicted molar refractivity (Wildman–Crippen MR) is 57.8 cm³/mol. The van der Waals surface area contributed by atoms with E-state index in [0.29, 0.717) is 19.5 Å². The van der Waals surface area contributed by atoms with Crippen LogP contribution in [-0.2, 0) is 9.53 Å². The van der Waals surface area contributed by atoms with Crippen LogP contribution in [0.15, 0.2) is 0 Å². The summed E-state index contributed by atoms with van der Waals surface area (Å²) in [6.45, 7) is 7.23. The van der Waals surface area contributed by atoms with E-state index in [-0.39, 0.29) is 29.6 Å². The van der Waals surface area contributed by atoms with Crippen molar-refractivity contribution in [2.75, 3.05) is 13.1 Å². The highest BCUT2D eigenvalue weighted by Gasteiger charge is 2.43. The van der Waals surface area contributed by atoms with Crippen LogP contribution in [0.25, 0.3) is 0 Å². The van der Waals surface area contributed by atoms with Gasteiger partial charge in [0.25, 0.3) is 0 Å². The summed E-state index contributed by atoms with van der Waals surface area (Å²) < 4.78 is 5.05. The first-order chi connectivity index (χ1) is 7.35. The topological polar surface area (TPSA) is 58.6 Å². The zero-order chi connectivity index (χ0) is 11.9. The van der Waals surface area contributed by atoms with Crippen LogP contribution in [-0.4, -0.2) is 42.1 Å². The second-order valence-corrected chi connectivity index (χ2v) is 5.73. The van der Waals surface area contributed by atoms with Gasteiger partial charge in [0, 0.05) is 13.0 Å². The van der Waals surface area contributed by atoms with Gasteiger partial charge in [0.1, 0.15) is 6.10 Å². The number of hydrogen-bond donors (Lipinski definition) is 1. The Labute approximate surface area is 95.1 Å². The molecule has 0 saturated carbocycles. The zero-order valence-corrected chi connectivity index (χ0v) is 9.95. The highest BCUT2D eigenvalue weighted by Crippen LogP contribution is 2.24. The molecule has 2 unspecified atom stereocenters. The Morgan fingerprint density at radius 1 is 1.50 bits per heavy atom. The number of carbonyl (C=O) groups excluding carboxylic acids is 2. The molecular formula is C11H18N2O3. The molecule has 1 N–H and O–H groups in total. The summed E-state index contributed by atoms with van der Waals surface area (Å²) in [5.74, 6) is 0.139. The average molecular weight is 226 g/mol. The fourth-order valence-electron chi connectivity index (χ4n) is 2.12. The van der Waals surface area contributed by atoms with E-state index < -0.39 is 0 Å². The lowest BCUT2D eigenvalue weighted by atomic mass is 9.92. The summed E-state index contributed by atoms with van der Waals surface area (Å²) in [5.41, 5.74) is -0.00110. The Bertz CT molecular complexity index is 306. The van der Waals surface area contributed by atoms with Gasteiger partial charge in [-0.15, -0.1) is 0 Å². The summed E-state index contributed by atoms with van der Waals surface area (Å²) in [6, 6.07) is -0.0172. The molecular weight excluding hydrogens is 208 g/mol. The fraction of sp³-hybridized carbons (Fsp3) is 0.818. The molecule has 2 amide bonds. The van der Waals surface area contributed by atoms with Gasteiger partial charge in [-0.25, -0.2) is 4.79 Å². The van der Waals surface area contributed by atoms with E-state index in [0.717, 1.165) is 0 Å². The van der Waals surface area contributed by atoms with Gasteiger partial charge in [0.05, 0.1) is 12.6 Å². The maximum absolute atomic E-state index is 11.9. The first kappa shape index (κ1) is 11.2. The fourth-order valence-corrected chi connectivity index (χ4v) is 2.12. The highest BCUT2D eigenvalue weighted by molar-refractivity contribution is 5.78. The number of fused-ring (bicyclic) bond motifs is 1. The summed E-state index contributed by atoms with van der Waals surface area (Å²) in [6.07, 6.45) is 0.00903. The lowest BCUT2D eigenvalue weighted by molar-refractivity contribution is -0.132. The highest BCUT2D eigenvalue weighted by atomic mass is 16.6. The number of ether oxygens (including phenoxy) is 1. The van der Waals surface area contributed by atoms with Gasteiger partial charge in [-0.05, 0) is 5.41 Å². The van der Waals surface area contributed by atoms with Crippen molar-refractivity contribution in [2.45, 2.75) is 39.3 Å². The van der Waals surface area contributed by atoms with Gasteiger partial charge in [-0.3, -0.25) is 4.79 Å². The van der Waals surface area contributed by atoms with Gasteiger partial charge in [0.2, 0.25) is 5.91 Å². The Kier molecular flexibility index (Phi) is 2.56. The standard InChI is InChI=1S/C11H18N2O3/c1-11(2,3)4-9(14)13-5-7-8(6-13)16-10(15)12-7/h7-8H,4-6H2,1-3H3,(H,12,15). The number of carbonyl (C=O) groups is 2. The zero-order valence-electron chi connectivity index (χ0n) is 9.95. The van der Waals surface area contributed by atoms with E-state index in [1.807, 2.05) is 20.8 Å². The maximum Gasteiger partial charge on any atom is 0.407 e. The third kappa shape index (κ3) is 2.28. The van der Waals surface area contributed by atoms with E-state index in [2.05, 4.69) is 5.32 Å². The van der Waals surface area contributed by atoms with E-state index >= 15 is 0 Å². The number of amides is 2.